The van der Waals surface area contributed by atoms with Crippen LogP contribution in [0.3, 0.4) is 0 Å². The van der Waals surface area contributed by atoms with Crippen LogP contribution < -0.4 is 10.1 Å². The van der Waals surface area contributed by atoms with Gasteiger partial charge in [-0.05, 0) is 77.9 Å². The Balaban J connectivity index is 1.55. The van der Waals surface area contributed by atoms with Crippen molar-refractivity contribution >= 4 is 23.1 Å². The number of hydrogen-bond acceptors (Lipinski definition) is 4. The van der Waals surface area contributed by atoms with Crippen LogP contribution in [0.2, 0.25) is 0 Å². The number of hydrogen-bond donors (Lipinski definition) is 2. The maximum atomic E-state index is 13.3. The first-order chi connectivity index (χ1) is 19.3. The molecule has 4 aromatic carbocycles. The summed E-state index contributed by atoms with van der Waals surface area (Å²) < 4.78 is 17.5. The van der Waals surface area contributed by atoms with Crippen LogP contribution in [0, 0.1) is 6.92 Å². The van der Waals surface area contributed by atoms with E-state index in [2.05, 4.69) is 11.4 Å². The minimum Gasteiger partial charge on any atom is -0.617 e. The quantitative estimate of drug-likeness (QED) is 0.203. The van der Waals surface area contributed by atoms with E-state index in [1.807, 2.05) is 91.9 Å². The second-order valence-electron chi connectivity index (χ2n) is 9.69. The summed E-state index contributed by atoms with van der Waals surface area (Å²) >= 11 is -1.16. The van der Waals surface area contributed by atoms with E-state index in [0.29, 0.717) is 5.56 Å². The molecular weight excluding hydrogens is 522 g/mol. The highest BCUT2D eigenvalue weighted by atomic mass is 32.2. The maximum Gasteiger partial charge on any atom is 0.326 e. The normalized spacial score (nSPS) is 12.4. The van der Waals surface area contributed by atoms with Crippen molar-refractivity contribution < 1.29 is 24.0 Å². The van der Waals surface area contributed by atoms with E-state index < -0.39 is 29.1 Å². The van der Waals surface area contributed by atoms with Crippen molar-refractivity contribution in [1.29, 1.82) is 0 Å². The Morgan fingerprint density at radius 2 is 1.52 bits per heavy atom. The van der Waals surface area contributed by atoms with E-state index >= 15 is 0 Å². The minimum absolute atomic E-state index is 0.0923. The minimum atomic E-state index is -1.16. The summed E-state index contributed by atoms with van der Waals surface area (Å²) in [5.74, 6) is 0.134. The van der Waals surface area contributed by atoms with Crippen LogP contribution in [-0.4, -0.2) is 39.6 Å². The summed E-state index contributed by atoms with van der Waals surface area (Å²) in [6.45, 7) is 1.98. The molecule has 0 aromatic heterocycles. The highest BCUT2D eigenvalue weighted by Crippen LogP contribution is 2.29. The van der Waals surface area contributed by atoms with Gasteiger partial charge in [0.15, 0.2) is 0 Å². The Kier molecular flexibility index (Phi) is 10.00. The van der Waals surface area contributed by atoms with E-state index in [9.17, 15) is 19.2 Å². The Hall–Kier alpha value is -4.07. The first-order valence-electron chi connectivity index (χ1n) is 13.1. The SMILES string of the molecule is Cc1ccccc1-c1cc(CCc2cccc(Oc3ccccc3)c2)ccc1C(=O)NC(CC[S+](C)[O-])C(=O)O. The number of benzene rings is 4. The molecule has 2 atom stereocenters. The Bertz CT molecular complexity index is 1450. The molecule has 7 heteroatoms. The molecule has 4 aromatic rings. The van der Waals surface area contributed by atoms with Crippen molar-refractivity contribution in [3.63, 3.8) is 0 Å². The zero-order valence-corrected chi connectivity index (χ0v) is 23.4. The third kappa shape index (κ3) is 7.97. The molecule has 6 nitrogen and oxygen atoms in total. The molecule has 0 fully saturated rings. The molecule has 0 heterocycles. The van der Waals surface area contributed by atoms with Gasteiger partial charge < -0.3 is 19.7 Å². The average molecular weight is 556 g/mol. The summed E-state index contributed by atoms with van der Waals surface area (Å²) in [5.41, 5.74) is 5.26. The summed E-state index contributed by atoms with van der Waals surface area (Å²) in [7, 11) is 0. The largest absolute Gasteiger partial charge is 0.617 e. The summed E-state index contributed by atoms with van der Waals surface area (Å²) in [6.07, 6.45) is 3.13. The number of nitrogens with one attached hydrogen (secondary N) is 1. The molecule has 4 rings (SSSR count). The topological polar surface area (TPSA) is 98.7 Å². The van der Waals surface area contributed by atoms with Gasteiger partial charge in [-0.2, -0.15) is 0 Å². The molecule has 206 valence electrons. The molecule has 0 saturated heterocycles. The molecule has 2 unspecified atom stereocenters. The number of amides is 1. The fraction of sp³-hybridized carbons (Fsp3) is 0.212. The second-order valence-corrected chi connectivity index (χ2v) is 11.2. The lowest BCUT2D eigenvalue weighted by atomic mass is 9.92. The van der Waals surface area contributed by atoms with Crippen LogP contribution in [0.4, 0.5) is 0 Å². The smallest absolute Gasteiger partial charge is 0.326 e. The molecule has 0 aliphatic carbocycles. The van der Waals surface area contributed by atoms with Crippen LogP contribution in [-0.2, 0) is 28.8 Å². The van der Waals surface area contributed by atoms with Gasteiger partial charge in [0.1, 0.15) is 23.3 Å². The van der Waals surface area contributed by atoms with Gasteiger partial charge in [-0.25, -0.2) is 4.79 Å². The molecule has 0 aliphatic heterocycles. The lowest BCUT2D eigenvalue weighted by Crippen LogP contribution is -2.42. The number of carboxylic acid groups (broad SMARTS) is 1. The van der Waals surface area contributed by atoms with Crippen LogP contribution >= 0.6 is 0 Å². The van der Waals surface area contributed by atoms with E-state index in [4.69, 9.17) is 4.74 Å². The number of carboxylic acids is 1. The molecule has 0 saturated carbocycles. The van der Waals surface area contributed by atoms with Gasteiger partial charge in [0.2, 0.25) is 0 Å². The van der Waals surface area contributed by atoms with E-state index in [1.165, 1.54) is 6.26 Å². The Labute approximate surface area is 238 Å². The molecule has 0 radical (unpaired) electrons. The number of aryl methyl sites for hydroxylation is 3. The monoisotopic (exact) mass is 555 g/mol. The van der Waals surface area contributed by atoms with Gasteiger partial charge in [0.25, 0.3) is 5.91 Å². The molecular formula is C33H33NO5S. The van der Waals surface area contributed by atoms with Crippen molar-refractivity contribution in [2.75, 3.05) is 12.0 Å². The third-order valence-electron chi connectivity index (χ3n) is 6.64. The van der Waals surface area contributed by atoms with Crippen LogP contribution in [0.1, 0.15) is 33.5 Å². The Morgan fingerprint density at radius 3 is 2.23 bits per heavy atom. The van der Waals surface area contributed by atoms with Gasteiger partial charge in [-0.15, -0.1) is 0 Å². The lowest BCUT2D eigenvalue weighted by molar-refractivity contribution is -0.139. The first-order valence-corrected chi connectivity index (χ1v) is 14.9. The number of rotatable bonds is 12. The highest BCUT2D eigenvalue weighted by Gasteiger charge is 2.24. The van der Waals surface area contributed by atoms with Crippen molar-refractivity contribution in [2.45, 2.75) is 32.2 Å². The van der Waals surface area contributed by atoms with Gasteiger partial charge in [-0.1, -0.05) is 77.9 Å². The molecule has 40 heavy (non-hydrogen) atoms. The predicted octanol–water partition coefficient (Wildman–Crippen LogP) is 6.19. The molecule has 2 N–H and O–H groups in total. The molecule has 0 bridgehead atoms. The van der Waals surface area contributed by atoms with Crippen LogP contribution in [0.15, 0.2) is 97.1 Å². The van der Waals surface area contributed by atoms with Crippen molar-refractivity contribution in [2.24, 2.45) is 0 Å². The average Bonchev–Trinajstić information content (AvgIpc) is 2.94. The predicted molar refractivity (Wildman–Crippen MR) is 159 cm³/mol. The zero-order chi connectivity index (χ0) is 28.5. The van der Waals surface area contributed by atoms with E-state index in [-0.39, 0.29) is 12.2 Å². The second kappa shape index (κ2) is 13.8. The van der Waals surface area contributed by atoms with Crippen molar-refractivity contribution in [1.82, 2.24) is 5.32 Å². The van der Waals surface area contributed by atoms with Crippen molar-refractivity contribution in [3.05, 3.63) is 119 Å². The number of para-hydroxylation sites is 1. The molecule has 0 aliphatic rings. The van der Waals surface area contributed by atoms with Gasteiger partial charge in [0, 0.05) is 12.0 Å². The summed E-state index contributed by atoms with van der Waals surface area (Å²) in [5, 5.41) is 12.2. The Morgan fingerprint density at radius 1 is 0.850 bits per heavy atom. The van der Waals surface area contributed by atoms with Crippen molar-refractivity contribution in [3.8, 4) is 22.6 Å². The fourth-order valence-corrected chi connectivity index (χ4v) is 5.07. The van der Waals surface area contributed by atoms with Gasteiger partial charge in [-0.3, -0.25) is 4.79 Å². The number of ether oxygens (including phenoxy) is 1. The summed E-state index contributed by atoms with van der Waals surface area (Å²) in [4.78, 5) is 25.1. The third-order valence-corrected chi connectivity index (χ3v) is 7.45. The van der Waals surface area contributed by atoms with Gasteiger partial charge in [0.05, 0.1) is 6.26 Å². The fourth-order valence-electron chi connectivity index (χ4n) is 4.50. The zero-order valence-electron chi connectivity index (χ0n) is 22.6. The summed E-state index contributed by atoms with van der Waals surface area (Å²) in [6, 6.07) is 30.0. The van der Waals surface area contributed by atoms with Crippen LogP contribution in [0.25, 0.3) is 11.1 Å². The van der Waals surface area contributed by atoms with E-state index in [1.54, 1.807) is 6.07 Å². The molecule has 1 amide bonds. The first kappa shape index (κ1) is 28.9. The lowest BCUT2D eigenvalue weighted by Gasteiger charge is -2.18. The van der Waals surface area contributed by atoms with Gasteiger partial charge >= 0.3 is 5.97 Å². The molecule has 0 spiro atoms. The van der Waals surface area contributed by atoms with Crippen LogP contribution in [0.5, 0.6) is 11.5 Å². The number of carbonyl (C=O) groups is 2. The number of carbonyl (C=O) groups excluding carboxylic acids is 1. The maximum absolute atomic E-state index is 13.3. The highest BCUT2D eigenvalue weighted by molar-refractivity contribution is 7.90. The van der Waals surface area contributed by atoms with E-state index in [0.717, 1.165) is 52.2 Å². The standard InChI is InChI=1S/C33H33NO5S/c1-23-9-6-7-14-28(23)30-22-25(17-18-29(30)32(35)34-31(33(36)37)19-20-40(2)38)16-15-24-10-8-13-27(21-24)39-26-11-4-3-5-12-26/h3-14,17-18,21-22,31H,15-16,19-20H2,1-2H3,(H,34,35)(H,36,37). The number of aliphatic carboxylic acids is 1.